The van der Waals surface area contributed by atoms with Crippen LogP contribution in [0.25, 0.3) is 11.4 Å². The summed E-state index contributed by atoms with van der Waals surface area (Å²) in [4.78, 5) is 24.5. The summed E-state index contributed by atoms with van der Waals surface area (Å²) in [5.74, 6) is 1.05. The fraction of sp³-hybridized carbons (Fsp3) is 0.261. The number of aromatic nitrogens is 2. The van der Waals surface area contributed by atoms with Crippen LogP contribution in [0.2, 0.25) is 0 Å². The normalized spacial score (nSPS) is 13.9. The van der Waals surface area contributed by atoms with Crippen LogP contribution in [0.5, 0.6) is 0 Å². The minimum atomic E-state index is -0.239. The van der Waals surface area contributed by atoms with Crippen LogP contribution < -0.4 is 10.2 Å². The van der Waals surface area contributed by atoms with Crippen molar-refractivity contribution in [3.8, 4) is 11.4 Å². The van der Waals surface area contributed by atoms with E-state index in [1.807, 2.05) is 62.4 Å². The Labute approximate surface area is 170 Å². The molecule has 0 radical (unpaired) electrons. The summed E-state index contributed by atoms with van der Waals surface area (Å²) in [7, 11) is 0. The molecule has 1 fully saturated rings. The van der Waals surface area contributed by atoms with E-state index in [0.29, 0.717) is 24.7 Å². The monoisotopic (exact) mass is 388 g/mol. The zero-order valence-electron chi connectivity index (χ0n) is 16.7. The van der Waals surface area contributed by atoms with Gasteiger partial charge in [-0.25, -0.2) is 9.97 Å². The van der Waals surface area contributed by atoms with Crippen molar-refractivity contribution in [3.05, 3.63) is 71.4 Å². The van der Waals surface area contributed by atoms with Crippen molar-refractivity contribution in [2.45, 2.75) is 13.8 Å². The molecule has 2 heterocycles. The van der Waals surface area contributed by atoms with E-state index >= 15 is 0 Å². The Kier molecular flexibility index (Phi) is 5.53. The van der Waals surface area contributed by atoms with Gasteiger partial charge >= 0.3 is 0 Å². The maximum Gasteiger partial charge on any atom is 0.274 e. The third-order valence-corrected chi connectivity index (χ3v) is 5.03. The number of carbonyl (C=O) groups is 1. The van der Waals surface area contributed by atoms with Crippen LogP contribution in [0.1, 0.15) is 21.6 Å². The molecule has 0 unspecified atom stereocenters. The van der Waals surface area contributed by atoms with E-state index in [1.165, 1.54) is 0 Å². The number of rotatable bonds is 4. The van der Waals surface area contributed by atoms with Gasteiger partial charge in [-0.15, -0.1) is 0 Å². The molecule has 1 aliphatic heterocycles. The van der Waals surface area contributed by atoms with Gasteiger partial charge in [0.25, 0.3) is 5.91 Å². The molecule has 1 aliphatic rings. The van der Waals surface area contributed by atoms with Gasteiger partial charge in [-0.1, -0.05) is 48.5 Å². The van der Waals surface area contributed by atoms with Gasteiger partial charge in [-0.3, -0.25) is 4.79 Å². The number of nitrogens with one attached hydrogen (secondary N) is 1. The molecule has 148 valence electrons. The molecule has 0 atom stereocenters. The molecule has 1 amide bonds. The first-order valence-electron chi connectivity index (χ1n) is 9.76. The second-order valence-corrected chi connectivity index (χ2v) is 7.12. The number of nitrogens with zero attached hydrogens (tertiary/aromatic N) is 3. The number of hydrogen-bond acceptors (Lipinski definition) is 5. The molecule has 1 saturated heterocycles. The molecule has 3 aromatic rings. The quantitative estimate of drug-likeness (QED) is 0.735. The van der Waals surface area contributed by atoms with Crippen molar-refractivity contribution in [1.29, 1.82) is 0 Å². The SMILES string of the molecule is Cc1cccc(C)c1NC(=O)c1cc(N2CCOCC2)nc(-c2ccccc2)n1. The Morgan fingerprint density at radius 1 is 0.966 bits per heavy atom. The first-order chi connectivity index (χ1) is 14.1. The molecule has 6 heteroatoms. The van der Waals surface area contributed by atoms with E-state index in [9.17, 15) is 4.79 Å². The average Bonchev–Trinajstić information content (AvgIpc) is 2.77. The summed E-state index contributed by atoms with van der Waals surface area (Å²) in [6, 6.07) is 17.4. The molecule has 0 spiro atoms. The molecular formula is C23H24N4O2. The minimum Gasteiger partial charge on any atom is -0.378 e. The van der Waals surface area contributed by atoms with Crippen LogP contribution in [0, 0.1) is 13.8 Å². The molecule has 0 bridgehead atoms. The third-order valence-electron chi connectivity index (χ3n) is 5.03. The largest absolute Gasteiger partial charge is 0.378 e. The van der Waals surface area contributed by atoms with E-state index < -0.39 is 0 Å². The number of aryl methyl sites for hydroxylation is 2. The van der Waals surface area contributed by atoms with Crippen molar-refractivity contribution < 1.29 is 9.53 Å². The summed E-state index contributed by atoms with van der Waals surface area (Å²) < 4.78 is 5.45. The lowest BCUT2D eigenvalue weighted by molar-refractivity contribution is 0.102. The minimum absolute atomic E-state index is 0.239. The standard InChI is InChI=1S/C23H24N4O2/c1-16-7-6-8-17(2)21(16)26-23(28)19-15-20(27-11-13-29-14-12-27)25-22(24-19)18-9-4-3-5-10-18/h3-10,15H,11-14H2,1-2H3,(H,26,28). The topological polar surface area (TPSA) is 67.4 Å². The number of hydrogen-bond donors (Lipinski definition) is 1. The lowest BCUT2D eigenvalue weighted by Gasteiger charge is -2.28. The molecule has 0 saturated carbocycles. The van der Waals surface area contributed by atoms with Crippen molar-refractivity contribution in [3.63, 3.8) is 0 Å². The summed E-state index contributed by atoms with van der Waals surface area (Å²) in [5, 5.41) is 3.03. The van der Waals surface area contributed by atoms with Crippen molar-refractivity contribution >= 4 is 17.4 Å². The fourth-order valence-electron chi connectivity index (χ4n) is 3.41. The Balaban J connectivity index is 1.72. The van der Waals surface area contributed by atoms with Gasteiger partial charge in [0, 0.05) is 30.4 Å². The van der Waals surface area contributed by atoms with Crippen LogP contribution in [0.4, 0.5) is 11.5 Å². The van der Waals surface area contributed by atoms with Crippen LogP contribution in [-0.4, -0.2) is 42.2 Å². The summed E-state index contributed by atoms with van der Waals surface area (Å²) in [6.07, 6.45) is 0. The van der Waals surface area contributed by atoms with E-state index in [4.69, 9.17) is 9.72 Å². The molecule has 0 aliphatic carbocycles. The van der Waals surface area contributed by atoms with Gasteiger partial charge < -0.3 is 15.0 Å². The Morgan fingerprint density at radius 3 is 2.34 bits per heavy atom. The zero-order chi connectivity index (χ0) is 20.2. The van der Waals surface area contributed by atoms with Crippen LogP contribution >= 0.6 is 0 Å². The predicted octanol–water partition coefficient (Wildman–Crippen LogP) is 3.85. The Bertz CT molecular complexity index is 994. The highest BCUT2D eigenvalue weighted by Gasteiger charge is 2.19. The van der Waals surface area contributed by atoms with Gasteiger partial charge in [-0.2, -0.15) is 0 Å². The maximum absolute atomic E-state index is 13.1. The molecular weight excluding hydrogens is 364 g/mol. The van der Waals surface area contributed by atoms with E-state index in [-0.39, 0.29) is 5.91 Å². The number of amides is 1. The lowest BCUT2D eigenvalue weighted by atomic mass is 10.1. The molecule has 4 rings (SSSR count). The lowest BCUT2D eigenvalue weighted by Crippen LogP contribution is -2.37. The number of carbonyl (C=O) groups excluding carboxylic acids is 1. The number of para-hydroxylation sites is 1. The fourth-order valence-corrected chi connectivity index (χ4v) is 3.41. The number of anilines is 2. The highest BCUT2D eigenvalue weighted by atomic mass is 16.5. The Hall–Kier alpha value is -3.25. The average molecular weight is 388 g/mol. The van der Waals surface area contributed by atoms with Gasteiger partial charge in [0.1, 0.15) is 11.5 Å². The van der Waals surface area contributed by atoms with Crippen molar-refractivity contribution in [1.82, 2.24) is 9.97 Å². The highest BCUT2D eigenvalue weighted by molar-refractivity contribution is 6.04. The van der Waals surface area contributed by atoms with Gasteiger partial charge in [0.05, 0.1) is 13.2 Å². The molecule has 2 aromatic carbocycles. The van der Waals surface area contributed by atoms with E-state index in [0.717, 1.165) is 41.3 Å². The van der Waals surface area contributed by atoms with Crippen molar-refractivity contribution in [2.24, 2.45) is 0 Å². The van der Waals surface area contributed by atoms with Crippen LogP contribution in [0.15, 0.2) is 54.6 Å². The Morgan fingerprint density at radius 2 is 1.66 bits per heavy atom. The maximum atomic E-state index is 13.1. The number of ether oxygens (including phenoxy) is 1. The van der Waals surface area contributed by atoms with Gasteiger partial charge in [0.2, 0.25) is 0 Å². The second-order valence-electron chi connectivity index (χ2n) is 7.12. The zero-order valence-corrected chi connectivity index (χ0v) is 16.7. The second kappa shape index (κ2) is 8.41. The first-order valence-corrected chi connectivity index (χ1v) is 9.76. The van der Waals surface area contributed by atoms with Crippen molar-refractivity contribution in [2.75, 3.05) is 36.5 Å². The summed E-state index contributed by atoms with van der Waals surface area (Å²) in [5.41, 5.74) is 4.09. The van der Waals surface area contributed by atoms with Gasteiger partial charge in [0.15, 0.2) is 5.82 Å². The molecule has 1 N–H and O–H groups in total. The summed E-state index contributed by atoms with van der Waals surface area (Å²) in [6.45, 7) is 6.74. The number of morpholine rings is 1. The summed E-state index contributed by atoms with van der Waals surface area (Å²) >= 11 is 0. The number of benzene rings is 2. The van der Waals surface area contributed by atoms with E-state index in [1.54, 1.807) is 6.07 Å². The highest BCUT2D eigenvalue weighted by Crippen LogP contribution is 2.23. The van der Waals surface area contributed by atoms with Gasteiger partial charge in [-0.05, 0) is 25.0 Å². The predicted molar refractivity (Wildman–Crippen MR) is 114 cm³/mol. The molecule has 1 aromatic heterocycles. The third kappa shape index (κ3) is 4.27. The van der Waals surface area contributed by atoms with Crippen LogP contribution in [0.3, 0.4) is 0 Å². The first kappa shape index (κ1) is 19.1. The molecule has 6 nitrogen and oxygen atoms in total. The molecule has 29 heavy (non-hydrogen) atoms. The smallest absolute Gasteiger partial charge is 0.274 e. The van der Waals surface area contributed by atoms with Crippen LogP contribution in [-0.2, 0) is 4.74 Å². The van der Waals surface area contributed by atoms with E-state index in [2.05, 4.69) is 15.2 Å².